The Morgan fingerprint density at radius 3 is 2.50 bits per heavy atom. The molecule has 0 unspecified atom stereocenters. The lowest BCUT2D eigenvalue weighted by molar-refractivity contribution is -0.113. The summed E-state index contributed by atoms with van der Waals surface area (Å²) < 4.78 is -1.91. The fourth-order valence-corrected chi connectivity index (χ4v) is 2.98. The lowest BCUT2D eigenvalue weighted by atomic mass is 10.2. The number of carbonyl (C=O) groups excluding carboxylic acids is 1. The number of carbonyl (C=O) groups is 1. The molecule has 0 radical (unpaired) electrons. The average Bonchev–Trinajstić information content (AvgIpc) is 2.82. The Morgan fingerprint density at radius 2 is 1.95 bits per heavy atom. The van der Waals surface area contributed by atoms with Crippen molar-refractivity contribution >= 4 is 57.3 Å². The Kier molecular flexibility index (Phi) is 5.08. The van der Waals surface area contributed by atoms with Gasteiger partial charge >= 0.3 is 0 Å². The number of nitrogens with zero attached hydrogens (tertiary/aromatic N) is 1. The summed E-state index contributed by atoms with van der Waals surface area (Å²) in [5.74, 6) is -0.536. The molecule has 0 amide bonds. The Morgan fingerprint density at radius 1 is 1.30 bits per heavy atom. The lowest BCUT2D eigenvalue weighted by Gasteiger charge is -2.15. The molecule has 0 spiro atoms. The molecule has 0 bridgehead atoms. The lowest BCUT2D eigenvalue weighted by Crippen LogP contribution is -2.19. The van der Waals surface area contributed by atoms with Gasteiger partial charge in [0.25, 0.3) is 3.79 Å². The van der Waals surface area contributed by atoms with E-state index in [1.807, 2.05) is 48.4 Å². The third-order valence-corrected chi connectivity index (χ3v) is 4.38. The molecular formula is C14H12Cl3NOS. The van der Waals surface area contributed by atoms with Crippen molar-refractivity contribution in [1.82, 2.24) is 4.90 Å². The number of halogens is 3. The largest absolute Gasteiger partial charge is 0.342 e. The van der Waals surface area contributed by atoms with Crippen molar-refractivity contribution in [3.63, 3.8) is 0 Å². The molecule has 0 atom stereocenters. The summed E-state index contributed by atoms with van der Waals surface area (Å²) in [6.07, 6.45) is 3.38. The Balaban J connectivity index is 2.24. The van der Waals surface area contributed by atoms with E-state index in [1.165, 1.54) is 17.8 Å². The number of hydrogen-bond donors (Lipinski definition) is 0. The molecule has 1 aromatic rings. The molecule has 0 N–H and O–H groups in total. The predicted octanol–water partition coefficient (Wildman–Crippen LogP) is 4.83. The van der Waals surface area contributed by atoms with E-state index < -0.39 is 9.58 Å². The Hall–Kier alpha value is -0.610. The van der Waals surface area contributed by atoms with Gasteiger partial charge in [-0.05, 0) is 12.5 Å². The van der Waals surface area contributed by atoms with Gasteiger partial charge in [-0.15, -0.1) is 0 Å². The highest BCUT2D eigenvalue weighted by Gasteiger charge is 2.30. The maximum Gasteiger partial charge on any atom is 0.252 e. The molecule has 20 heavy (non-hydrogen) atoms. The molecule has 6 heteroatoms. The number of alkyl halides is 3. The van der Waals surface area contributed by atoms with Crippen LogP contribution in [-0.4, -0.2) is 21.0 Å². The Bertz CT molecular complexity index is 564. The molecule has 0 aromatic heterocycles. The molecule has 1 heterocycles. The SMILES string of the molecule is CCN1C=C(c2ccccc2)SC1=CC(=O)C(Cl)(Cl)Cl. The van der Waals surface area contributed by atoms with Crippen LogP contribution in [0.25, 0.3) is 4.91 Å². The van der Waals surface area contributed by atoms with Gasteiger partial charge in [0.15, 0.2) is 0 Å². The highest BCUT2D eigenvalue weighted by Crippen LogP contribution is 2.42. The van der Waals surface area contributed by atoms with E-state index in [2.05, 4.69) is 0 Å². The molecule has 2 rings (SSSR count). The summed E-state index contributed by atoms with van der Waals surface area (Å²) in [4.78, 5) is 14.8. The van der Waals surface area contributed by atoms with Gasteiger partial charge in [0.2, 0.25) is 5.78 Å². The number of ketones is 1. The first kappa shape index (κ1) is 15.8. The smallest absolute Gasteiger partial charge is 0.252 e. The highest BCUT2D eigenvalue weighted by molar-refractivity contribution is 8.12. The molecule has 0 aliphatic carbocycles. The maximum absolute atomic E-state index is 11.8. The van der Waals surface area contributed by atoms with Gasteiger partial charge in [0, 0.05) is 23.7 Å². The zero-order chi connectivity index (χ0) is 14.8. The minimum Gasteiger partial charge on any atom is -0.342 e. The van der Waals surface area contributed by atoms with Crippen LogP contribution in [0.2, 0.25) is 0 Å². The van der Waals surface area contributed by atoms with Gasteiger partial charge in [0.1, 0.15) is 0 Å². The summed E-state index contributed by atoms with van der Waals surface area (Å²) in [6, 6.07) is 9.95. The quantitative estimate of drug-likeness (QED) is 0.576. The van der Waals surface area contributed by atoms with Crippen LogP contribution in [0, 0.1) is 0 Å². The number of thioether (sulfide) groups is 1. The van der Waals surface area contributed by atoms with Crippen molar-refractivity contribution in [2.24, 2.45) is 0 Å². The fourth-order valence-electron chi connectivity index (χ4n) is 1.69. The first-order valence-electron chi connectivity index (χ1n) is 5.96. The fraction of sp³-hybridized carbons (Fsp3) is 0.214. The van der Waals surface area contributed by atoms with Gasteiger partial charge in [-0.2, -0.15) is 0 Å². The van der Waals surface area contributed by atoms with Gasteiger partial charge < -0.3 is 4.90 Å². The topological polar surface area (TPSA) is 20.3 Å². The first-order chi connectivity index (χ1) is 9.41. The number of allylic oxidation sites excluding steroid dienone is 1. The van der Waals surface area contributed by atoms with Gasteiger partial charge in [-0.1, -0.05) is 76.9 Å². The minimum atomic E-state index is -1.91. The summed E-state index contributed by atoms with van der Waals surface area (Å²) in [5, 5.41) is 0.766. The van der Waals surface area contributed by atoms with Gasteiger partial charge in [0.05, 0.1) is 5.03 Å². The van der Waals surface area contributed by atoms with E-state index in [1.54, 1.807) is 0 Å². The van der Waals surface area contributed by atoms with E-state index in [0.29, 0.717) is 0 Å². The second-order valence-corrected chi connectivity index (χ2v) is 7.44. The van der Waals surface area contributed by atoms with Crippen LogP contribution in [0.4, 0.5) is 0 Å². The molecule has 0 saturated heterocycles. The summed E-state index contributed by atoms with van der Waals surface area (Å²) in [6.45, 7) is 2.74. The normalized spacial score (nSPS) is 17.5. The monoisotopic (exact) mass is 347 g/mol. The molecule has 2 nitrogen and oxygen atoms in total. The van der Waals surface area contributed by atoms with Crippen LogP contribution in [0.3, 0.4) is 0 Å². The Labute approximate surface area is 137 Å². The zero-order valence-electron chi connectivity index (χ0n) is 10.6. The number of hydrogen-bond acceptors (Lipinski definition) is 3. The predicted molar refractivity (Wildman–Crippen MR) is 87.8 cm³/mol. The molecule has 0 saturated carbocycles. The number of rotatable bonds is 3. The van der Waals surface area contributed by atoms with Crippen molar-refractivity contribution < 1.29 is 4.79 Å². The summed E-state index contributed by atoms with van der Waals surface area (Å²) in [5.41, 5.74) is 1.10. The standard InChI is InChI=1S/C14H12Cl3NOS/c1-2-18-9-11(10-6-4-3-5-7-10)20-13(18)8-12(19)14(15,16)17/h3-9H,2H2,1H3. The summed E-state index contributed by atoms with van der Waals surface area (Å²) in [7, 11) is 0. The van der Waals surface area contributed by atoms with Crippen molar-refractivity contribution in [2.75, 3.05) is 6.54 Å². The third kappa shape index (κ3) is 3.73. The second kappa shape index (κ2) is 6.44. The van der Waals surface area contributed by atoms with E-state index in [9.17, 15) is 4.79 Å². The van der Waals surface area contributed by atoms with Crippen LogP contribution in [0.15, 0.2) is 47.6 Å². The van der Waals surface area contributed by atoms with Crippen LogP contribution in [0.5, 0.6) is 0 Å². The van der Waals surface area contributed by atoms with E-state index in [0.717, 1.165) is 22.0 Å². The van der Waals surface area contributed by atoms with Gasteiger partial charge in [-0.3, -0.25) is 4.79 Å². The van der Waals surface area contributed by atoms with Crippen molar-refractivity contribution in [3.05, 3.63) is 53.2 Å². The van der Waals surface area contributed by atoms with E-state index >= 15 is 0 Å². The molecule has 1 aromatic carbocycles. The first-order valence-corrected chi connectivity index (χ1v) is 7.91. The van der Waals surface area contributed by atoms with Crippen molar-refractivity contribution in [2.45, 2.75) is 10.7 Å². The van der Waals surface area contributed by atoms with E-state index in [4.69, 9.17) is 34.8 Å². The summed E-state index contributed by atoms with van der Waals surface area (Å²) >= 11 is 18.3. The zero-order valence-corrected chi connectivity index (χ0v) is 13.7. The van der Waals surface area contributed by atoms with Crippen LogP contribution in [0.1, 0.15) is 12.5 Å². The average molecular weight is 349 g/mol. The van der Waals surface area contributed by atoms with Crippen LogP contribution >= 0.6 is 46.6 Å². The maximum atomic E-state index is 11.8. The minimum absolute atomic E-state index is 0.536. The second-order valence-electron chi connectivity index (χ2n) is 4.09. The third-order valence-electron chi connectivity index (χ3n) is 2.70. The van der Waals surface area contributed by atoms with Crippen LogP contribution < -0.4 is 0 Å². The van der Waals surface area contributed by atoms with Crippen molar-refractivity contribution in [1.29, 1.82) is 0 Å². The molecular weight excluding hydrogens is 337 g/mol. The molecule has 1 aliphatic rings. The van der Waals surface area contributed by atoms with E-state index in [-0.39, 0.29) is 0 Å². The van der Waals surface area contributed by atoms with Gasteiger partial charge in [-0.25, -0.2) is 0 Å². The molecule has 106 valence electrons. The highest BCUT2D eigenvalue weighted by atomic mass is 35.6. The van der Waals surface area contributed by atoms with Crippen molar-refractivity contribution in [3.8, 4) is 0 Å². The molecule has 0 fully saturated rings. The number of benzene rings is 1. The van der Waals surface area contributed by atoms with Crippen LogP contribution in [-0.2, 0) is 4.79 Å². The molecule has 1 aliphatic heterocycles.